The van der Waals surface area contributed by atoms with Crippen molar-refractivity contribution >= 4 is 0 Å². The molecule has 1 saturated heterocycles. The summed E-state index contributed by atoms with van der Waals surface area (Å²) < 4.78 is 0. The number of fused-ring (bicyclic) bond motifs is 1. The van der Waals surface area contributed by atoms with E-state index < -0.39 is 0 Å². The summed E-state index contributed by atoms with van der Waals surface area (Å²) in [6.07, 6.45) is 15.3. The lowest BCUT2D eigenvalue weighted by Gasteiger charge is -2.48. The van der Waals surface area contributed by atoms with Crippen LogP contribution in [0.4, 0.5) is 0 Å². The lowest BCUT2D eigenvalue weighted by atomic mass is 9.67. The standard InChI is InChI=1S/C17H33NO/c1-2-3-4-5-6-7-11-16-15-10-8-9-12-17(15,19)13-14-18-16/h15-16,18-19H,2-14H2,1H3. The van der Waals surface area contributed by atoms with Gasteiger partial charge in [-0.3, -0.25) is 0 Å². The summed E-state index contributed by atoms with van der Waals surface area (Å²) in [7, 11) is 0. The van der Waals surface area contributed by atoms with E-state index in [4.69, 9.17) is 0 Å². The summed E-state index contributed by atoms with van der Waals surface area (Å²) in [4.78, 5) is 0. The van der Waals surface area contributed by atoms with Crippen LogP contribution in [0.3, 0.4) is 0 Å². The fourth-order valence-corrected chi connectivity index (χ4v) is 4.20. The van der Waals surface area contributed by atoms with Gasteiger partial charge in [-0.1, -0.05) is 58.3 Å². The quantitative estimate of drug-likeness (QED) is 0.683. The first-order chi connectivity index (χ1) is 9.26. The molecule has 0 bridgehead atoms. The normalized spacial score (nSPS) is 35.1. The summed E-state index contributed by atoms with van der Waals surface area (Å²) in [6.45, 7) is 3.29. The van der Waals surface area contributed by atoms with Crippen LogP contribution in [0, 0.1) is 5.92 Å². The van der Waals surface area contributed by atoms with Crippen molar-refractivity contribution in [1.29, 1.82) is 0 Å². The third-order valence-electron chi connectivity index (χ3n) is 5.38. The maximum atomic E-state index is 10.8. The van der Waals surface area contributed by atoms with E-state index in [9.17, 15) is 5.11 Å². The molecule has 0 aromatic rings. The van der Waals surface area contributed by atoms with Gasteiger partial charge in [-0.15, -0.1) is 0 Å². The molecule has 1 heterocycles. The van der Waals surface area contributed by atoms with Gasteiger partial charge < -0.3 is 10.4 Å². The van der Waals surface area contributed by atoms with Crippen molar-refractivity contribution in [2.75, 3.05) is 6.54 Å². The van der Waals surface area contributed by atoms with Gasteiger partial charge in [0.2, 0.25) is 0 Å². The Kier molecular flexibility index (Phi) is 6.15. The average Bonchev–Trinajstić information content (AvgIpc) is 2.42. The van der Waals surface area contributed by atoms with Gasteiger partial charge in [0.1, 0.15) is 0 Å². The molecular weight excluding hydrogens is 234 g/mol. The van der Waals surface area contributed by atoms with Gasteiger partial charge in [0.05, 0.1) is 5.60 Å². The first-order valence-electron chi connectivity index (χ1n) is 8.72. The molecule has 1 saturated carbocycles. The molecule has 3 atom stereocenters. The molecule has 19 heavy (non-hydrogen) atoms. The van der Waals surface area contributed by atoms with Crippen LogP contribution in [0.5, 0.6) is 0 Å². The zero-order chi connectivity index (χ0) is 13.6. The number of piperidine rings is 1. The smallest absolute Gasteiger partial charge is 0.0702 e. The van der Waals surface area contributed by atoms with Crippen molar-refractivity contribution in [3.8, 4) is 0 Å². The van der Waals surface area contributed by atoms with Gasteiger partial charge in [0, 0.05) is 12.0 Å². The van der Waals surface area contributed by atoms with Crippen LogP contribution in [0.2, 0.25) is 0 Å². The molecule has 0 aromatic heterocycles. The molecule has 1 aliphatic heterocycles. The van der Waals surface area contributed by atoms with Gasteiger partial charge >= 0.3 is 0 Å². The van der Waals surface area contributed by atoms with E-state index in [2.05, 4.69) is 12.2 Å². The predicted octanol–water partition coefficient (Wildman–Crippen LogP) is 4.02. The molecule has 2 fully saturated rings. The molecule has 2 heteroatoms. The molecule has 112 valence electrons. The summed E-state index contributed by atoms with van der Waals surface area (Å²) in [5.74, 6) is 0.533. The largest absolute Gasteiger partial charge is 0.389 e. The van der Waals surface area contributed by atoms with Crippen molar-refractivity contribution in [3.05, 3.63) is 0 Å². The number of nitrogens with one attached hydrogen (secondary N) is 1. The molecule has 1 aliphatic carbocycles. The van der Waals surface area contributed by atoms with E-state index in [-0.39, 0.29) is 5.60 Å². The fourth-order valence-electron chi connectivity index (χ4n) is 4.20. The number of aliphatic hydroxyl groups is 1. The van der Waals surface area contributed by atoms with Crippen molar-refractivity contribution in [2.45, 2.75) is 95.6 Å². The van der Waals surface area contributed by atoms with Crippen LogP contribution in [-0.2, 0) is 0 Å². The second-order valence-corrected chi connectivity index (χ2v) is 6.82. The maximum Gasteiger partial charge on any atom is 0.0702 e. The van der Waals surface area contributed by atoms with Gasteiger partial charge in [0.15, 0.2) is 0 Å². The lowest BCUT2D eigenvalue weighted by molar-refractivity contribution is -0.0865. The van der Waals surface area contributed by atoms with Gasteiger partial charge in [-0.25, -0.2) is 0 Å². The Morgan fingerprint density at radius 1 is 1.05 bits per heavy atom. The predicted molar refractivity (Wildman–Crippen MR) is 81.3 cm³/mol. The summed E-state index contributed by atoms with van der Waals surface area (Å²) in [5, 5.41) is 14.5. The van der Waals surface area contributed by atoms with E-state index in [0.717, 1.165) is 19.4 Å². The highest BCUT2D eigenvalue weighted by molar-refractivity contribution is 4.99. The second-order valence-electron chi connectivity index (χ2n) is 6.82. The summed E-state index contributed by atoms with van der Waals surface area (Å²) in [6, 6.07) is 0.588. The highest BCUT2D eigenvalue weighted by atomic mass is 16.3. The van der Waals surface area contributed by atoms with Gasteiger partial charge in [0.25, 0.3) is 0 Å². The molecule has 0 radical (unpaired) electrons. The Morgan fingerprint density at radius 2 is 1.84 bits per heavy atom. The molecule has 2 aliphatic rings. The first-order valence-corrected chi connectivity index (χ1v) is 8.72. The van der Waals surface area contributed by atoms with Crippen LogP contribution in [0.25, 0.3) is 0 Å². The van der Waals surface area contributed by atoms with Crippen molar-refractivity contribution in [2.24, 2.45) is 5.92 Å². The molecule has 0 amide bonds. The van der Waals surface area contributed by atoms with Gasteiger partial charge in [-0.05, 0) is 32.2 Å². The number of rotatable bonds is 7. The Morgan fingerprint density at radius 3 is 2.68 bits per heavy atom. The van der Waals surface area contributed by atoms with E-state index in [0.29, 0.717) is 12.0 Å². The summed E-state index contributed by atoms with van der Waals surface area (Å²) >= 11 is 0. The van der Waals surface area contributed by atoms with E-state index in [1.807, 2.05) is 0 Å². The molecule has 3 unspecified atom stereocenters. The first kappa shape index (κ1) is 15.3. The number of hydrogen-bond donors (Lipinski definition) is 2. The Balaban J connectivity index is 1.70. The minimum absolute atomic E-state index is 0.323. The monoisotopic (exact) mass is 267 g/mol. The molecule has 0 spiro atoms. The van der Waals surface area contributed by atoms with Crippen LogP contribution >= 0.6 is 0 Å². The van der Waals surface area contributed by atoms with Crippen LogP contribution in [-0.4, -0.2) is 23.3 Å². The molecule has 2 rings (SSSR count). The third-order valence-corrected chi connectivity index (χ3v) is 5.38. The Hall–Kier alpha value is -0.0800. The van der Waals surface area contributed by atoms with E-state index >= 15 is 0 Å². The van der Waals surface area contributed by atoms with E-state index in [1.54, 1.807) is 0 Å². The van der Waals surface area contributed by atoms with Crippen molar-refractivity contribution in [3.63, 3.8) is 0 Å². The third kappa shape index (κ3) is 4.19. The number of hydrogen-bond acceptors (Lipinski definition) is 2. The minimum Gasteiger partial charge on any atom is -0.389 e. The van der Waals surface area contributed by atoms with Crippen LogP contribution in [0.15, 0.2) is 0 Å². The maximum absolute atomic E-state index is 10.8. The zero-order valence-electron chi connectivity index (χ0n) is 12.8. The SMILES string of the molecule is CCCCCCCCC1NCCC2(O)CCCCC12. The van der Waals surface area contributed by atoms with Crippen LogP contribution in [0.1, 0.15) is 84.0 Å². The second kappa shape index (κ2) is 7.64. The average molecular weight is 267 g/mol. The highest BCUT2D eigenvalue weighted by Crippen LogP contribution is 2.41. The minimum atomic E-state index is -0.323. The summed E-state index contributed by atoms with van der Waals surface area (Å²) in [5.41, 5.74) is -0.323. The van der Waals surface area contributed by atoms with E-state index in [1.165, 1.54) is 64.2 Å². The topological polar surface area (TPSA) is 32.3 Å². The lowest BCUT2D eigenvalue weighted by Crippen LogP contribution is -2.57. The Bertz CT molecular complexity index is 252. The molecule has 2 N–H and O–H groups in total. The molecule has 0 aromatic carbocycles. The molecule has 2 nitrogen and oxygen atoms in total. The Labute approximate surface area is 119 Å². The van der Waals surface area contributed by atoms with Crippen LogP contribution < -0.4 is 5.32 Å². The van der Waals surface area contributed by atoms with Crippen molar-refractivity contribution < 1.29 is 5.11 Å². The highest BCUT2D eigenvalue weighted by Gasteiger charge is 2.44. The molecular formula is C17H33NO. The van der Waals surface area contributed by atoms with Gasteiger partial charge in [-0.2, -0.15) is 0 Å². The van der Waals surface area contributed by atoms with Crippen molar-refractivity contribution in [1.82, 2.24) is 5.32 Å². The number of unbranched alkanes of at least 4 members (excludes halogenated alkanes) is 5. The zero-order valence-corrected chi connectivity index (χ0v) is 12.8. The fraction of sp³-hybridized carbons (Fsp3) is 1.00.